The summed E-state index contributed by atoms with van der Waals surface area (Å²) < 4.78 is 53.6. The summed E-state index contributed by atoms with van der Waals surface area (Å²) in [5.74, 6) is 1.46. The second kappa shape index (κ2) is 24.6. The number of hydrogen-bond acceptors (Lipinski definition) is 10. The van der Waals surface area contributed by atoms with Gasteiger partial charge in [-0.15, -0.1) is 0 Å². The first kappa shape index (κ1) is 30.5. The summed E-state index contributed by atoms with van der Waals surface area (Å²) >= 11 is 0. The third-order valence-corrected chi connectivity index (χ3v) is 4.15. The molecule has 1 rings (SSSR count). The van der Waals surface area contributed by atoms with Crippen molar-refractivity contribution in [1.82, 2.24) is 0 Å². The number of methoxy groups -OCH3 is 2. The van der Waals surface area contributed by atoms with Crippen LogP contribution in [0.2, 0.25) is 0 Å². The van der Waals surface area contributed by atoms with Gasteiger partial charge >= 0.3 is 0 Å². The van der Waals surface area contributed by atoms with Crippen molar-refractivity contribution in [2.24, 2.45) is 0 Å². The van der Waals surface area contributed by atoms with Crippen molar-refractivity contribution in [2.45, 2.75) is 0 Å². The molecule has 0 N–H and O–H groups in total. The molecule has 1 aromatic carbocycles. The molecule has 0 heterocycles. The van der Waals surface area contributed by atoms with E-state index in [2.05, 4.69) is 0 Å². The van der Waals surface area contributed by atoms with Gasteiger partial charge in [-0.2, -0.15) is 0 Å². The fourth-order valence-electron chi connectivity index (χ4n) is 2.46. The second-order valence-electron chi connectivity index (χ2n) is 6.83. The van der Waals surface area contributed by atoms with E-state index in [0.717, 1.165) is 11.5 Å². The lowest BCUT2D eigenvalue weighted by molar-refractivity contribution is -0.000100. The van der Waals surface area contributed by atoms with Gasteiger partial charge in [0.05, 0.1) is 92.5 Å². The van der Waals surface area contributed by atoms with Crippen LogP contribution in [-0.2, 0) is 37.9 Å². The van der Waals surface area contributed by atoms with Gasteiger partial charge in [0.25, 0.3) is 0 Å². The van der Waals surface area contributed by atoms with Gasteiger partial charge in [0, 0.05) is 20.3 Å². The van der Waals surface area contributed by atoms with Crippen molar-refractivity contribution in [3.8, 4) is 11.5 Å². The van der Waals surface area contributed by atoms with Gasteiger partial charge in [0.2, 0.25) is 0 Å². The van der Waals surface area contributed by atoms with Crippen molar-refractivity contribution in [3.05, 3.63) is 24.3 Å². The minimum atomic E-state index is 0.449. The highest BCUT2D eigenvalue weighted by molar-refractivity contribution is 5.32. The summed E-state index contributed by atoms with van der Waals surface area (Å²) in [6, 6.07) is 7.50. The summed E-state index contributed by atoms with van der Waals surface area (Å²) in [4.78, 5) is 0. The molecule has 0 aromatic heterocycles. The standard InChI is InChI=1S/C24H42O10/c1-25-6-8-27-10-12-29-14-16-31-18-20-33-23-4-3-5-24(22-23)34-21-19-32-17-15-30-13-11-28-9-7-26-2/h3-5,22H,6-21H2,1-2H3. The number of rotatable bonds is 26. The van der Waals surface area contributed by atoms with E-state index in [-0.39, 0.29) is 0 Å². The second-order valence-corrected chi connectivity index (χ2v) is 6.83. The first-order valence-corrected chi connectivity index (χ1v) is 11.7. The molecule has 0 aliphatic heterocycles. The Morgan fingerprint density at radius 1 is 0.412 bits per heavy atom. The van der Waals surface area contributed by atoms with Crippen LogP contribution in [0.1, 0.15) is 0 Å². The van der Waals surface area contributed by atoms with Crippen LogP contribution < -0.4 is 9.47 Å². The average molecular weight is 491 g/mol. The highest BCUT2D eigenvalue weighted by atomic mass is 16.6. The molecule has 198 valence electrons. The Bertz CT molecular complexity index is 503. The summed E-state index contributed by atoms with van der Waals surface area (Å²) in [6.45, 7) is 8.46. The van der Waals surface area contributed by atoms with Crippen molar-refractivity contribution >= 4 is 0 Å². The van der Waals surface area contributed by atoms with E-state index in [4.69, 9.17) is 47.4 Å². The third-order valence-electron chi connectivity index (χ3n) is 4.15. The lowest BCUT2D eigenvalue weighted by Gasteiger charge is -2.11. The molecule has 10 heteroatoms. The number of ether oxygens (including phenoxy) is 10. The minimum Gasteiger partial charge on any atom is -0.491 e. The lowest BCUT2D eigenvalue weighted by atomic mass is 10.3. The van der Waals surface area contributed by atoms with Gasteiger partial charge in [-0.05, 0) is 12.1 Å². The van der Waals surface area contributed by atoms with E-state index in [1.54, 1.807) is 14.2 Å². The molecule has 0 radical (unpaired) electrons. The van der Waals surface area contributed by atoms with E-state index in [1.807, 2.05) is 24.3 Å². The van der Waals surface area contributed by atoms with Crippen LogP contribution >= 0.6 is 0 Å². The zero-order valence-electron chi connectivity index (χ0n) is 20.7. The molecule has 0 atom stereocenters. The van der Waals surface area contributed by atoms with Crippen LogP contribution in [-0.4, -0.2) is 120 Å². The molecule has 1 aromatic rings. The molecule has 0 spiro atoms. The molecule has 0 fully saturated rings. The smallest absolute Gasteiger partial charge is 0.123 e. The Balaban J connectivity index is 1.91. The highest BCUT2D eigenvalue weighted by Gasteiger charge is 1.99. The molecular formula is C24H42O10. The van der Waals surface area contributed by atoms with E-state index in [1.165, 1.54) is 0 Å². The van der Waals surface area contributed by atoms with Gasteiger partial charge in [-0.3, -0.25) is 0 Å². The van der Waals surface area contributed by atoms with Gasteiger partial charge in [0.1, 0.15) is 24.7 Å². The Morgan fingerprint density at radius 3 is 1.03 bits per heavy atom. The van der Waals surface area contributed by atoms with Crippen molar-refractivity contribution < 1.29 is 47.4 Å². The van der Waals surface area contributed by atoms with Crippen LogP contribution in [0.4, 0.5) is 0 Å². The maximum atomic E-state index is 5.70. The molecule has 0 bridgehead atoms. The quantitative estimate of drug-likeness (QED) is 0.179. The van der Waals surface area contributed by atoms with E-state index >= 15 is 0 Å². The van der Waals surface area contributed by atoms with Crippen LogP contribution in [0.15, 0.2) is 24.3 Å². The molecule has 0 saturated heterocycles. The first-order chi connectivity index (χ1) is 16.9. The van der Waals surface area contributed by atoms with Crippen molar-refractivity contribution in [1.29, 1.82) is 0 Å². The van der Waals surface area contributed by atoms with Gasteiger partial charge in [-0.25, -0.2) is 0 Å². The minimum absolute atomic E-state index is 0.449. The normalized spacial score (nSPS) is 11.1. The number of benzene rings is 1. The van der Waals surface area contributed by atoms with E-state index in [0.29, 0.717) is 106 Å². The maximum absolute atomic E-state index is 5.70. The van der Waals surface area contributed by atoms with Gasteiger partial charge in [0.15, 0.2) is 0 Å². The molecule has 34 heavy (non-hydrogen) atoms. The summed E-state index contributed by atoms with van der Waals surface area (Å²) in [6.07, 6.45) is 0. The molecule has 0 aliphatic carbocycles. The SMILES string of the molecule is COCCOCCOCCOCCOc1cccc(OCCOCCOCCOCCOC)c1. The van der Waals surface area contributed by atoms with Gasteiger partial charge in [-0.1, -0.05) is 6.07 Å². The summed E-state index contributed by atoms with van der Waals surface area (Å²) in [5, 5.41) is 0. The van der Waals surface area contributed by atoms with Gasteiger partial charge < -0.3 is 47.4 Å². The lowest BCUT2D eigenvalue weighted by Crippen LogP contribution is -2.14. The molecule has 0 unspecified atom stereocenters. The predicted molar refractivity (Wildman–Crippen MR) is 126 cm³/mol. The Morgan fingerprint density at radius 2 is 0.706 bits per heavy atom. The molecule has 0 aliphatic rings. The molecule has 0 saturated carbocycles. The topological polar surface area (TPSA) is 92.3 Å². The van der Waals surface area contributed by atoms with Crippen LogP contribution in [0.25, 0.3) is 0 Å². The first-order valence-electron chi connectivity index (χ1n) is 11.7. The van der Waals surface area contributed by atoms with Crippen molar-refractivity contribution in [2.75, 3.05) is 120 Å². The maximum Gasteiger partial charge on any atom is 0.123 e. The fraction of sp³-hybridized carbons (Fsp3) is 0.750. The van der Waals surface area contributed by atoms with Crippen molar-refractivity contribution in [3.63, 3.8) is 0 Å². The zero-order valence-corrected chi connectivity index (χ0v) is 20.7. The Hall–Kier alpha value is -1.50. The van der Waals surface area contributed by atoms with Crippen LogP contribution in [0.5, 0.6) is 11.5 Å². The predicted octanol–water partition coefficient (Wildman–Crippen LogP) is 1.84. The zero-order chi connectivity index (χ0) is 24.4. The average Bonchev–Trinajstić information content (AvgIpc) is 2.85. The Labute approximate surface area is 203 Å². The number of hydrogen-bond donors (Lipinski definition) is 0. The summed E-state index contributed by atoms with van der Waals surface area (Å²) in [5.41, 5.74) is 0. The van der Waals surface area contributed by atoms with Crippen LogP contribution in [0.3, 0.4) is 0 Å². The molecule has 10 nitrogen and oxygen atoms in total. The highest BCUT2D eigenvalue weighted by Crippen LogP contribution is 2.19. The molecule has 0 amide bonds. The third kappa shape index (κ3) is 19.9. The Kier molecular flexibility index (Phi) is 22.1. The van der Waals surface area contributed by atoms with E-state index < -0.39 is 0 Å². The van der Waals surface area contributed by atoms with Crippen LogP contribution in [0, 0.1) is 0 Å². The van der Waals surface area contributed by atoms with E-state index in [9.17, 15) is 0 Å². The summed E-state index contributed by atoms with van der Waals surface area (Å²) in [7, 11) is 3.29. The molecular weight excluding hydrogens is 448 g/mol. The fourth-order valence-corrected chi connectivity index (χ4v) is 2.46. The largest absolute Gasteiger partial charge is 0.491 e. The monoisotopic (exact) mass is 490 g/mol.